The SMILES string of the molecule is COCC(=O)COc1c(Br)cccc1Br. The molecule has 0 N–H and O–H groups in total. The molecule has 15 heavy (non-hydrogen) atoms. The molecule has 82 valence electrons. The Morgan fingerprint density at radius 1 is 1.27 bits per heavy atom. The summed E-state index contributed by atoms with van der Waals surface area (Å²) in [5.74, 6) is 0.530. The number of ketones is 1. The van der Waals surface area contributed by atoms with Crippen LogP contribution in [0.15, 0.2) is 27.1 Å². The standard InChI is InChI=1S/C10H10Br2O3/c1-14-5-7(13)6-15-10-8(11)3-2-4-9(10)12/h2-4H,5-6H2,1H3. The maximum atomic E-state index is 11.2. The number of halogens is 2. The van der Waals surface area contributed by atoms with E-state index in [-0.39, 0.29) is 19.0 Å². The van der Waals surface area contributed by atoms with Crippen molar-refractivity contribution >= 4 is 37.6 Å². The Labute approximate surface area is 105 Å². The molecule has 1 rings (SSSR count). The van der Waals surface area contributed by atoms with Gasteiger partial charge in [-0.25, -0.2) is 0 Å². The highest BCUT2D eigenvalue weighted by atomic mass is 79.9. The first-order valence-electron chi connectivity index (χ1n) is 4.22. The van der Waals surface area contributed by atoms with E-state index in [1.807, 2.05) is 18.2 Å². The molecule has 0 spiro atoms. The van der Waals surface area contributed by atoms with Gasteiger partial charge in [-0.3, -0.25) is 4.79 Å². The first kappa shape index (κ1) is 12.7. The molecule has 0 aromatic heterocycles. The molecular formula is C10H10Br2O3. The van der Waals surface area contributed by atoms with E-state index in [9.17, 15) is 4.79 Å². The summed E-state index contributed by atoms with van der Waals surface area (Å²) in [7, 11) is 1.48. The van der Waals surface area contributed by atoms with Crippen LogP contribution in [0.3, 0.4) is 0 Å². The van der Waals surface area contributed by atoms with Crippen LogP contribution in [0.25, 0.3) is 0 Å². The maximum Gasteiger partial charge on any atom is 0.195 e. The van der Waals surface area contributed by atoms with Crippen molar-refractivity contribution in [1.82, 2.24) is 0 Å². The van der Waals surface area contributed by atoms with Gasteiger partial charge >= 0.3 is 0 Å². The fourth-order valence-corrected chi connectivity index (χ4v) is 2.20. The fraction of sp³-hybridized carbons (Fsp3) is 0.300. The number of rotatable bonds is 5. The van der Waals surface area contributed by atoms with Gasteiger partial charge in [0.2, 0.25) is 0 Å². The Kier molecular flexibility index (Phi) is 5.28. The summed E-state index contributed by atoms with van der Waals surface area (Å²) in [4.78, 5) is 11.2. The van der Waals surface area contributed by atoms with E-state index < -0.39 is 0 Å². The van der Waals surface area contributed by atoms with E-state index >= 15 is 0 Å². The number of hydrogen-bond acceptors (Lipinski definition) is 3. The van der Waals surface area contributed by atoms with Crippen molar-refractivity contribution in [1.29, 1.82) is 0 Å². The molecule has 1 aromatic rings. The number of hydrogen-bond donors (Lipinski definition) is 0. The molecule has 0 aliphatic carbocycles. The third-order valence-corrected chi connectivity index (χ3v) is 2.85. The van der Waals surface area contributed by atoms with Crippen molar-refractivity contribution in [2.45, 2.75) is 0 Å². The molecular weight excluding hydrogens is 328 g/mol. The van der Waals surface area contributed by atoms with Crippen molar-refractivity contribution in [3.63, 3.8) is 0 Å². The summed E-state index contributed by atoms with van der Waals surface area (Å²) in [6, 6.07) is 5.57. The molecule has 1 aromatic carbocycles. The van der Waals surface area contributed by atoms with Gasteiger partial charge in [0.05, 0.1) is 8.95 Å². The molecule has 0 saturated heterocycles. The summed E-state index contributed by atoms with van der Waals surface area (Å²) in [5, 5.41) is 0. The number of carbonyl (C=O) groups is 1. The Balaban J connectivity index is 2.61. The second-order valence-electron chi connectivity index (χ2n) is 2.81. The summed E-state index contributed by atoms with van der Waals surface area (Å²) < 4.78 is 11.7. The number of para-hydroxylation sites is 1. The first-order chi connectivity index (χ1) is 7.15. The van der Waals surface area contributed by atoms with Gasteiger partial charge in [-0.1, -0.05) is 6.07 Å². The predicted octanol–water partition coefficient (Wildman–Crippen LogP) is 2.81. The fourth-order valence-electron chi connectivity index (χ4n) is 0.976. The van der Waals surface area contributed by atoms with Crippen LogP contribution in [-0.4, -0.2) is 26.1 Å². The third-order valence-electron chi connectivity index (χ3n) is 1.60. The molecule has 0 unspecified atom stereocenters. The van der Waals surface area contributed by atoms with Crippen LogP contribution in [0.4, 0.5) is 0 Å². The minimum absolute atomic E-state index is 0.00898. The second-order valence-corrected chi connectivity index (χ2v) is 4.52. The average Bonchev–Trinajstić information content (AvgIpc) is 2.17. The molecule has 0 bridgehead atoms. The lowest BCUT2D eigenvalue weighted by Crippen LogP contribution is -2.16. The monoisotopic (exact) mass is 336 g/mol. The van der Waals surface area contributed by atoms with Crippen molar-refractivity contribution < 1.29 is 14.3 Å². The van der Waals surface area contributed by atoms with E-state index in [0.29, 0.717) is 5.75 Å². The van der Waals surface area contributed by atoms with Crippen molar-refractivity contribution in [2.75, 3.05) is 20.3 Å². The van der Waals surface area contributed by atoms with Crippen LogP contribution in [0.2, 0.25) is 0 Å². The van der Waals surface area contributed by atoms with E-state index in [1.165, 1.54) is 7.11 Å². The van der Waals surface area contributed by atoms with Gasteiger partial charge in [-0.2, -0.15) is 0 Å². The van der Waals surface area contributed by atoms with Gasteiger partial charge in [0.15, 0.2) is 5.78 Å². The molecule has 0 heterocycles. The topological polar surface area (TPSA) is 35.5 Å². The second kappa shape index (κ2) is 6.25. The molecule has 0 fully saturated rings. The normalized spacial score (nSPS) is 10.1. The predicted molar refractivity (Wildman–Crippen MR) is 64.2 cm³/mol. The molecule has 5 heteroatoms. The van der Waals surface area contributed by atoms with E-state index in [0.717, 1.165) is 8.95 Å². The van der Waals surface area contributed by atoms with Crippen LogP contribution in [0.1, 0.15) is 0 Å². The molecule has 0 radical (unpaired) electrons. The number of carbonyl (C=O) groups excluding carboxylic acids is 1. The molecule has 0 saturated carbocycles. The molecule has 0 aliphatic heterocycles. The lowest BCUT2D eigenvalue weighted by molar-refractivity contribution is -0.124. The van der Waals surface area contributed by atoms with Crippen LogP contribution in [0, 0.1) is 0 Å². The molecule has 0 atom stereocenters. The zero-order valence-electron chi connectivity index (χ0n) is 8.13. The summed E-state index contributed by atoms with van der Waals surface area (Å²) >= 11 is 6.68. The number of benzene rings is 1. The maximum absolute atomic E-state index is 11.2. The van der Waals surface area contributed by atoms with E-state index in [1.54, 1.807) is 0 Å². The highest BCUT2D eigenvalue weighted by molar-refractivity contribution is 9.11. The zero-order valence-corrected chi connectivity index (χ0v) is 11.3. The van der Waals surface area contributed by atoms with Crippen molar-refractivity contribution in [3.8, 4) is 5.75 Å². The van der Waals surface area contributed by atoms with Crippen molar-refractivity contribution in [3.05, 3.63) is 27.1 Å². The Bertz CT molecular complexity index is 332. The van der Waals surface area contributed by atoms with Crippen LogP contribution >= 0.6 is 31.9 Å². The number of ether oxygens (including phenoxy) is 2. The summed E-state index contributed by atoms with van der Waals surface area (Å²) in [6.07, 6.45) is 0. The van der Waals surface area contributed by atoms with Crippen LogP contribution in [0.5, 0.6) is 5.75 Å². The molecule has 0 aliphatic rings. The average molecular weight is 338 g/mol. The van der Waals surface area contributed by atoms with Gasteiger partial charge in [-0.05, 0) is 44.0 Å². The van der Waals surface area contributed by atoms with Crippen molar-refractivity contribution in [2.24, 2.45) is 0 Å². The van der Waals surface area contributed by atoms with Gasteiger partial charge in [-0.15, -0.1) is 0 Å². The Morgan fingerprint density at radius 2 is 1.87 bits per heavy atom. The van der Waals surface area contributed by atoms with Gasteiger partial charge in [0.1, 0.15) is 19.0 Å². The lowest BCUT2D eigenvalue weighted by atomic mass is 10.3. The summed E-state index contributed by atoms with van der Waals surface area (Å²) in [6.45, 7) is 0.0805. The van der Waals surface area contributed by atoms with Crippen LogP contribution < -0.4 is 4.74 Å². The van der Waals surface area contributed by atoms with Gasteiger partial charge < -0.3 is 9.47 Å². The van der Waals surface area contributed by atoms with Gasteiger partial charge in [0.25, 0.3) is 0 Å². The quantitative estimate of drug-likeness (QED) is 0.828. The van der Waals surface area contributed by atoms with E-state index in [2.05, 4.69) is 31.9 Å². The minimum Gasteiger partial charge on any atom is -0.483 e. The Hall–Kier alpha value is -0.390. The Morgan fingerprint density at radius 3 is 2.40 bits per heavy atom. The largest absolute Gasteiger partial charge is 0.483 e. The summed E-state index contributed by atoms with van der Waals surface area (Å²) in [5.41, 5.74) is 0. The zero-order chi connectivity index (χ0) is 11.3. The lowest BCUT2D eigenvalue weighted by Gasteiger charge is -2.08. The third kappa shape index (κ3) is 3.93. The highest BCUT2D eigenvalue weighted by Crippen LogP contribution is 2.32. The van der Waals surface area contributed by atoms with Crippen LogP contribution in [-0.2, 0) is 9.53 Å². The minimum atomic E-state index is -0.0971. The first-order valence-corrected chi connectivity index (χ1v) is 5.81. The number of Topliss-reactive ketones (excluding diaryl/α,β-unsaturated/α-hetero) is 1. The molecule has 3 nitrogen and oxygen atoms in total. The smallest absolute Gasteiger partial charge is 0.195 e. The number of methoxy groups -OCH3 is 1. The molecule has 0 amide bonds. The van der Waals surface area contributed by atoms with E-state index in [4.69, 9.17) is 9.47 Å². The highest BCUT2D eigenvalue weighted by Gasteiger charge is 2.08. The van der Waals surface area contributed by atoms with Gasteiger partial charge in [0, 0.05) is 7.11 Å².